The molecule has 1 aliphatic heterocycles. The highest BCUT2D eigenvalue weighted by atomic mass is 35.7. The lowest BCUT2D eigenvalue weighted by Gasteiger charge is -2.23. The van der Waals surface area contributed by atoms with Crippen LogP contribution in [0.15, 0.2) is 29.2 Å². The summed E-state index contributed by atoms with van der Waals surface area (Å²) in [6, 6.07) is 6.45. The van der Waals surface area contributed by atoms with E-state index in [1.807, 2.05) is 0 Å². The molecular formula is C10H12ClNO3S. The van der Waals surface area contributed by atoms with Gasteiger partial charge >= 0.3 is 0 Å². The van der Waals surface area contributed by atoms with Crippen molar-refractivity contribution in [2.75, 3.05) is 19.7 Å². The lowest BCUT2D eigenvalue weighted by atomic mass is 10.1. The number of halogens is 1. The summed E-state index contributed by atoms with van der Waals surface area (Å²) < 4.78 is 27.6. The van der Waals surface area contributed by atoms with Crippen molar-refractivity contribution in [3.8, 4) is 0 Å². The van der Waals surface area contributed by atoms with Gasteiger partial charge in [-0.25, -0.2) is 8.42 Å². The molecule has 1 saturated heterocycles. The van der Waals surface area contributed by atoms with Crippen LogP contribution >= 0.6 is 10.7 Å². The van der Waals surface area contributed by atoms with Gasteiger partial charge < -0.3 is 10.1 Å². The summed E-state index contributed by atoms with van der Waals surface area (Å²) in [6.45, 7) is 2.26. The van der Waals surface area contributed by atoms with Crippen molar-refractivity contribution >= 4 is 19.7 Å². The van der Waals surface area contributed by atoms with E-state index in [1.54, 1.807) is 12.1 Å². The molecular weight excluding hydrogens is 250 g/mol. The number of hydrogen-bond acceptors (Lipinski definition) is 4. The molecule has 0 amide bonds. The maximum atomic E-state index is 11.0. The fraction of sp³-hybridized carbons (Fsp3) is 0.400. The number of rotatable bonds is 2. The third kappa shape index (κ3) is 2.74. The van der Waals surface area contributed by atoms with Gasteiger partial charge in [0.2, 0.25) is 0 Å². The second-order valence-electron chi connectivity index (χ2n) is 3.57. The molecule has 0 bridgehead atoms. The standard InChI is InChI=1S/C10H12ClNO3S/c11-16(13,14)9-3-1-8(2-4-9)10-7-12-5-6-15-10/h1-4,10,12H,5-7H2. The lowest BCUT2D eigenvalue weighted by Crippen LogP contribution is -2.33. The van der Waals surface area contributed by atoms with Crippen LogP contribution in [0.3, 0.4) is 0 Å². The molecule has 1 unspecified atom stereocenters. The molecule has 6 heteroatoms. The van der Waals surface area contributed by atoms with Crippen LogP contribution in [0.4, 0.5) is 0 Å². The highest BCUT2D eigenvalue weighted by Gasteiger charge is 2.16. The lowest BCUT2D eigenvalue weighted by molar-refractivity contribution is 0.0277. The second-order valence-corrected chi connectivity index (χ2v) is 6.14. The minimum Gasteiger partial charge on any atom is -0.371 e. The van der Waals surface area contributed by atoms with E-state index in [0.717, 1.165) is 18.7 Å². The fourth-order valence-electron chi connectivity index (χ4n) is 1.62. The van der Waals surface area contributed by atoms with Gasteiger partial charge in [-0.2, -0.15) is 0 Å². The van der Waals surface area contributed by atoms with Crippen molar-refractivity contribution < 1.29 is 13.2 Å². The van der Waals surface area contributed by atoms with Gasteiger partial charge in [-0.1, -0.05) is 12.1 Å². The molecule has 0 aromatic heterocycles. The Morgan fingerprint density at radius 1 is 1.31 bits per heavy atom. The van der Waals surface area contributed by atoms with Gasteiger partial charge in [0.25, 0.3) is 9.05 Å². The van der Waals surface area contributed by atoms with Crippen LogP contribution in [0.2, 0.25) is 0 Å². The Hall–Kier alpha value is -0.620. The van der Waals surface area contributed by atoms with E-state index in [9.17, 15) is 8.42 Å². The van der Waals surface area contributed by atoms with Crippen LogP contribution in [-0.2, 0) is 13.8 Å². The van der Waals surface area contributed by atoms with E-state index in [4.69, 9.17) is 15.4 Å². The molecule has 1 atom stereocenters. The van der Waals surface area contributed by atoms with Crippen LogP contribution < -0.4 is 5.32 Å². The number of ether oxygens (including phenoxy) is 1. The molecule has 0 spiro atoms. The molecule has 4 nitrogen and oxygen atoms in total. The van der Waals surface area contributed by atoms with Gasteiger partial charge in [0.05, 0.1) is 17.6 Å². The summed E-state index contributed by atoms with van der Waals surface area (Å²) in [7, 11) is 1.59. The molecule has 1 aromatic rings. The molecule has 1 N–H and O–H groups in total. The number of morpholine rings is 1. The van der Waals surface area contributed by atoms with Crippen molar-refractivity contribution in [1.29, 1.82) is 0 Å². The van der Waals surface area contributed by atoms with Gasteiger partial charge in [-0.05, 0) is 17.7 Å². The van der Waals surface area contributed by atoms with Crippen molar-refractivity contribution in [1.82, 2.24) is 5.32 Å². The molecule has 16 heavy (non-hydrogen) atoms. The Morgan fingerprint density at radius 3 is 2.50 bits per heavy atom. The van der Waals surface area contributed by atoms with Gasteiger partial charge in [0.15, 0.2) is 0 Å². The van der Waals surface area contributed by atoms with E-state index in [0.29, 0.717) is 6.61 Å². The minimum absolute atomic E-state index is 0.0131. The first-order chi connectivity index (χ1) is 7.57. The zero-order chi connectivity index (χ0) is 11.6. The highest BCUT2D eigenvalue weighted by Crippen LogP contribution is 2.22. The quantitative estimate of drug-likeness (QED) is 0.815. The summed E-state index contributed by atoms with van der Waals surface area (Å²) >= 11 is 0. The summed E-state index contributed by atoms with van der Waals surface area (Å²) in [6.07, 6.45) is -0.0131. The normalized spacial score (nSPS) is 21.9. The number of hydrogen-bond donors (Lipinski definition) is 1. The van der Waals surface area contributed by atoms with Crippen molar-refractivity contribution in [3.63, 3.8) is 0 Å². The Balaban J connectivity index is 2.18. The molecule has 2 rings (SSSR count). The highest BCUT2D eigenvalue weighted by molar-refractivity contribution is 8.13. The fourth-order valence-corrected chi connectivity index (χ4v) is 2.39. The Bertz CT molecular complexity index is 451. The number of benzene rings is 1. The topological polar surface area (TPSA) is 55.4 Å². The van der Waals surface area contributed by atoms with Crippen molar-refractivity contribution in [3.05, 3.63) is 29.8 Å². The van der Waals surface area contributed by atoms with E-state index < -0.39 is 9.05 Å². The predicted molar refractivity (Wildman–Crippen MR) is 61.0 cm³/mol. The summed E-state index contributed by atoms with van der Waals surface area (Å²) in [5.41, 5.74) is 0.955. The van der Waals surface area contributed by atoms with Crippen molar-refractivity contribution in [2.24, 2.45) is 0 Å². The van der Waals surface area contributed by atoms with Crippen LogP contribution in [0, 0.1) is 0 Å². The summed E-state index contributed by atoms with van der Waals surface area (Å²) in [4.78, 5) is 0.113. The van der Waals surface area contributed by atoms with Gasteiger partial charge in [0.1, 0.15) is 0 Å². The summed E-state index contributed by atoms with van der Waals surface area (Å²) in [5, 5.41) is 3.21. The number of nitrogens with one attached hydrogen (secondary N) is 1. The van der Waals surface area contributed by atoms with Crippen LogP contribution in [-0.4, -0.2) is 28.1 Å². The maximum Gasteiger partial charge on any atom is 0.261 e. The van der Waals surface area contributed by atoms with Crippen LogP contribution in [0.25, 0.3) is 0 Å². The molecule has 88 valence electrons. The molecule has 1 aromatic carbocycles. The molecule has 1 fully saturated rings. The first-order valence-corrected chi connectivity index (χ1v) is 7.25. The van der Waals surface area contributed by atoms with Gasteiger partial charge in [-0.15, -0.1) is 0 Å². The predicted octanol–water partition coefficient (Wildman–Crippen LogP) is 1.27. The Labute approximate surface area is 99.0 Å². The van der Waals surface area contributed by atoms with Gasteiger partial charge in [0, 0.05) is 23.8 Å². The summed E-state index contributed by atoms with van der Waals surface area (Å²) in [5.74, 6) is 0. The SMILES string of the molecule is O=S(=O)(Cl)c1ccc(C2CNCCO2)cc1. The van der Waals surface area contributed by atoms with Crippen LogP contribution in [0.5, 0.6) is 0 Å². The zero-order valence-electron chi connectivity index (χ0n) is 8.52. The monoisotopic (exact) mass is 261 g/mol. The largest absolute Gasteiger partial charge is 0.371 e. The third-order valence-corrected chi connectivity index (χ3v) is 3.83. The Kier molecular flexibility index (Phi) is 3.49. The van der Waals surface area contributed by atoms with E-state index in [1.165, 1.54) is 12.1 Å². The van der Waals surface area contributed by atoms with E-state index in [-0.39, 0.29) is 11.0 Å². The minimum atomic E-state index is -3.63. The zero-order valence-corrected chi connectivity index (χ0v) is 10.1. The van der Waals surface area contributed by atoms with Crippen molar-refractivity contribution in [2.45, 2.75) is 11.0 Å². The smallest absolute Gasteiger partial charge is 0.261 e. The first kappa shape index (κ1) is 11.9. The van der Waals surface area contributed by atoms with E-state index in [2.05, 4.69) is 5.32 Å². The molecule has 0 saturated carbocycles. The van der Waals surface area contributed by atoms with Gasteiger partial charge in [-0.3, -0.25) is 0 Å². The second kappa shape index (κ2) is 4.71. The average Bonchev–Trinajstić information content (AvgIpc) is 2.29. The molecule has 1 aliphatic rings. The molecule has 1 heterocycles. The van der Waals surface area contributed by atoms with Crippen LogP contribution in [0.1, 0.15) is 11.7 Å². The molecule has 0 aliphatic carbocycles. The first-order valence-electron chi connectivity index (χ1n) is 4.94. The maximum absolute atomic E-state index is 11.0. The average molecular weight is 262 g/mol. The molecule has 0 radical (unpaired) electrons. The Morgan fingerprint density at radius 2 is 2.00 bits per heavy atom. The van der Waals surface area contributed by atoms with E-state index >= 15 is 0 Å². The third-order valence-electron chi connectivity index (χ3n) is 2.46.